The number of rotatable bonds is 6. The fraction of sp³-hybridized carbons (Fsp3) is 0.864. The highest BCUT2D eigenvalue weighted by molar-refractivity contribution is 5.69. The predicted octanol–water partition coefficient (Wildman–Crippen LogP) is 6.15. The molecule has 2 fully saturated rings. The number of hydrogen-bond donors (Lipinski definition) is 0. The first-order valence-electron chi connectivity index (χ1n) is 10.0. The van der Waals surface area contributed by atoms with Crippen LogP contribution in [-0.4, -0.2) is 12.6 Å². The summed E-state index contributed by atoms with van der Waals surface area (Å²) in [4.78, 5) is 11.7. The summed E-state index contributed by atoms with van der Waals surface area (Å²) in [6.45, 7) is 16.5. The van der Waals surface area contributed by atoms with Gasteiger partial charge in [0.05, 0.1) is 6.61 Å². The van der Waals surface area contributed by atoms with Crippen LogP contribution in [0.2, 0.25) is 0 Å². The van der Waals surface area contributed by atoms with Crippen molar-refractivity contribution in [2.75, 3.05) is 6.61 Å². The van der Waals surface area contributed by atoms with Crippen LogP contribution in [0.25, 0.3) is 0 Å². The largest absolute Gasteiger partial charge is 0.466 e. The number of ether oxygens (including phenoxy) is 1. The maximum atomic E-state index is 11.7. The third-order valence-corrected chi connectivity index (χ3v) is 7.09. The summed E-state index contributed by atoms with van der Waals surface area (Å²) in [5.74, 6) is 1.79. The van der Waals surface area contributed by atoms with Crippen molar-refractivity contribution in [3.8, 4) is 0 Å². The van der Waals surface area contributed by atoms with Crippen molar-refractivity contribution in [3.63, 3.8) is 0 Å². The van der Waals surface area contributed by atoms with E-state index in [0.29, 0.717) is 35.7 Å². The minimum atomic E-state index is -0.0460. The SMILES string of the molecule is C=C1CC[C@@H]2C(C)(C)CCC[C@]2(C)[C@@H]1CC[C@@H](C)CC(=O)OCC. The molecule has 4 atom stereocenters. The highest BCUT2D eigenvalue weighted by Gasteiger charge is 2.52. The lowest BCUT2D eigenvalue weighted by Crippen LogP contribution is -2.49. The van der Waals surface area contributed by atoms with Gasteiger partial charge in [0.1, 0.15) is 0 Å². The van der Waals surface area contributed by atoms with Gasteiger partial charge < -0.3 is 4.74 Å². The van der Waals surface area contributed by atoms with E-state index < -0.39 is 0 Å². The third kappa shape index (κ3) is 4.06. The number of fused-ring (bicyclic) bond motifs is 1. The van der Waals surface area contributed by atoms with Gasteiger partial charge in [0, 0.05) is 6.42 Å². The summed E-state index contributed by atoms with van der Waals surface area (Å²) in [7, 11) is 0. The summed E-state index contributed by atoms with van der Waals surface area (Å²) in [6, 6.07) is 0. The Morgan fingerprint density at radius 3 is 2.71 bits per heavy atom. The van der Waals surface area contributed by atoms with E-state index in [2.05, 4.69) is 34.3 Å². The van der Waals surface area contributed by atoms with Crippen LogP contribution >= 0.6 is 0 Å². The highest BCUT2D eigenvalue weighted by Crippen LogP contribution is 2.61. The molecule has 24 heavy (non-hydrogen) atoms. The molecule has 0 bridgehead atoms. The second-order valence-electron chi connectivity index (χ2n) is 9.34. The Labute approximate surface area is 149 Å². The molecular weight excluding hydrogens is 296 g/mol. The second kappa shape index (κ2) is 7.62. The van der Waals surface area contributed by atoms with E-state index in [0.717, 1.165) is 12.3 Å². The van der Waals surface area contributed by atoms with Crippen molar-refractivity contribution in [2.24, 2.45) is 28.6 Å². The summed E-state index contributed by atoms with van der Waals surface area (Å²) >= 11 is 0. The van der Waals surface area contributed by atoms with Gasteiger partial charge in [0.25, 0.3) is 0 Å². The van der Waals surface area contributed by atoms with Crippen molar-refractivity contribution in [1.29, 1.82) is 0 Å². The molecule has 0 aromatic rings. The van der Waals surface area contributed by atoms with Crippen LogP contribution in [-0.2, 0) is 9.53 Å². The first-order valence-corrected chi connectivity index (χ1v) is 10.0. The molecule has 0 aliphatic heterocycles. The molecule has 2 rings (SSSR count). The van der Waals surface area contributed by atoms with E-state index in [4.69, 9.17) is 4.74 Å². The van der Waals surface area contributed by atoms with Gasteiger partial charge in [0.15, 0.2) is 0 Å². The number of carbonyl (C=O) groups is 1. The molecule has 138 valence electrons. The number of allylic oxidation sites excluding steroid dienone is 1. The molecule has 0 unspecified atom stereocenters. The summed E-state index contributed by atoms with van der Waals surface area (Å²) < 4.78 is 5.10. The normalized spacial score (nSPS) is 33.6. The molecule has 0 aromatic heterocycles. The van der Waals surface area contributed by atoms with Crippen LogP contribution in [0.5, 0.6) is 0 Å². The third-order valence-electron chi connectivity index (χ3n) is 7.09. The zero-order valence-electron chi connectivity index (χ0n) is 16.6. The first-order chi connectivity index (χ1) is 11.2. The van der Waals surface area contributed by atoms with E-state index in [1.54, 1.807) is 0 Å². The Balaban J connectivity index is 2.02. The van der Waals surface area contributed by atoms with Crippen LogP contribution in [0.4, 0.5) is 0 Å². The minimum Gasteiger partial charge on any atom is -0.466 e. The number of esters is 1. The van der Waals surface area contributed by atoms with Crippen molar-refractivity contribution < 1.29 is 9.53 Å². The van der Waals surface area contributed by atoms with Gasteiger partial charge in [-0.2, -0.15) is 0 Å². The van der Waals surface area contributed by atoms with Gasteiger partial charge in [-0.05, 0) is 74.0 Å². The molecular formula is C22H38O2. The van der Waals surface area contributed by atoms with Gasteiger partial charge in [-0.1, -0.05) is 46.3 Å². The maximum Gasteiger partial charge on any atom is 0.306 e. The average Bonchev–Trinajstić information content (AvgIpc) is 2.45. The highest BCUT2D eigenvalue weighted by atomic mass is 16.5. The topological polar surface area (TPSA) is 26.3 Å². The zero-order valence-corrected chi connectivity index (χ0v) is 16.6. The maximum absolute atomic E-state index is 11.7. The van der Waals surface area contributed by atoms with Crippen LogP contribution in [0.1, 0.15) is 86.0 Å². The lowest BCUT2D eigenvalue weighted by atomic mass is 9.47. The minimum absolute atomic E-state index is 0.0460. The fourth-order valence-electron chi connectivity index (χ4n) is 5.87. The monoisotopic (exact) mass is 334 g/mol. The van der Waals surface area contributed by atoms with Crippen LogP contribution in [0.15, 0.2) is 12.2 Å². The molecule has 0 spiro atoms. The van der Waals surface area contributed by atoms with Crippen molar-refractivity contribution in [3.05, 3.63) is 12.2 Å². The van der Waals surface area contributed by atoms with Gasteiger partial charge in [0.2, 0.25) is 0 Å². The van der Waals surface area contributed by atoms with Gasteiger partial charge in [-0.15, -0.1) is 0 Å². The summed E-state index contributed by atoms with van der Waals surface area (Å²) in [5, 5.41) is 0. The zero-order chi connectivity index (χ0) is 18.0. The van der Waals surface area contributed by atoms with E-state index in [-0.39, 0.29) is 5.97 Å². The molecule has 0 amide bonds. The Kier molecular flexibility index (Phi) is 6.20. The first kappa shape index (κ1) is 19.5. The molecule has 2 saturated carbocycles. The predicted molar refractivity (Wildman–Crippen MR) is 101 cm³/mol. The van der Waals surface area contributed by atoms with Crippen molar-refractivity contribution >= 4 is 5.97 Å². The van der Waals surface area contributed by atoms with E-state index in [1.807, 2.05) is 6.92 Å². The van der Waals surface area contributed by atoms with Gasteiger partial charge >= 0.3 is 5.97 Å². The van der Waals surface area contributed by atoms with Gasteiger partial charge in [-0.3, -0.25) is 4.79 Å². The quantitative estimate of drug-likeness (QED) is 0.430. The van der Waals surface area contributed by atoms with Crippen LogP contribution < -0.4 is 0 Å². The average molecular weight is 335 g/mol. The molecule has 2 aliphatic rings. The van der Waals surface area contributed by atoms with Crippen molar-refractivity contribution in [2.45, 2.75) is 86.0 Å². The summed E-state index contributed by atoms with van der Waals surface area (Å²) in [6.07, 6.45) is 9.41. The van der Waals surface area contributed by atoms with E-state index >= 15 is 0 Å². The molecule has 2 aliphatic carbocycles. The standard InChI is InChI=1S/C22H38O2/c1-7-24-20(23)15-16(2)9-11-18-17(3)10-12-19-21(4,5)13-8-14-22(18,19)6/h16,18-19H,3,7-15H2,1-2,4-6H3/t16-,18-,19-,22-/m1/s1. The van der Waals surface area contributed by atoms with Crippen LogP contribution in [0, 0.1) is 28.6 Å². The molecule has 2 nitrogen and oxygen atoms in total. The van der Waals surface area contributed by atoms with Crippen LogP contribution in [0.3, 0.4) is 0 Å². The number of hydrogen-bond acceptors (Lipinski definition) is 2. The number of carbonyl (C=O) groups excluding carboxylic acids is 1. The Morgan fingerprint density at radius 1 is 1.33 bits per heavy atom. The Morgan fingerprint density at radius 2 is 2.04 bits per heavy atom. The van der Waals surface area contributed by atoms with Crippen molar-refractivity contribution in [1.82, 2.24) is 0 Å². The summed E-state index contributed by atoms with van der Waals surface area (Å²) in [5.41, 5.74) is 2.33. The van der Waals surface area contributed by atoms with E-state index in [1.165, 1.54) is 44.1 Å². The molecule has 0 aromatic carbocycles. The molecule has 2 heteroatoms. The van der Waals surface area contributed by atoms with E-state index in [9.17, 15) is 4.79 Å². The fourth-order valence-corrected chi connectivity index (χ4v) is 5.87. The molecule has 0 heterocycles. The molecule has 0 saturated heterocycles. The Bertz CT molecular complexity index is 465. The Hall–Kier alpha value is -0.790. The van der Waals surface area contributed by atoms with Gasteiger partial charge in [-0.25, -0.2) is 0 Å². The molecule has 0 N–H and O–H groups in total. The molecule has 0 radical (unpaired) electrons. The smallest absolute Gasteiger partial charge is 0.306 e. The lowest BCUT2D eigenvalue weighted by Gasteiger charge is -2.58. The second-order valence-corrected chi connectivity index (χ2v) is 9.34. The lowest BCUT2D eigenvalue weighted by molar-refractivity contribution is -0.144.